The predicted molar refractivity (Wildman–Crippen MR) is 74.7 cm³/mol. The lowest BCUT2D eigenvalue weighted by molar-refractivity contribution is -0.385. The first-order valence-electron chi connectivity index (χ1n) is 6.63. The molecule has 1 aromatic carbocycles. The summed E-state index contributed by atoms with van der Waals surface area (Å²) >= 11 is 0. The Balaban J connectivity index is 2.34. The summed E-state index contributed by atoms with van der Waals surface area (Å²) < 4.78 is 5.41. The fourth-order valence-corrected chi connectivity index (χ4v) is 1.80. The minimum absolute atomic E-state index is 0.0149. The van der Waals surface area contributed by atoms with Crippen LogP contribution in [0.15, 0.2) is 18.2 Å². The minimum atomic E-state index is -0.793. The molecular weight excluding hydrogens is 278 g/mol. The molecule has 0 saturated carbocycles. The fraction of sp³-hybridized carbons (Fsp3) is 0.429. The number of carboxylic acid groups (broad SMARTS) is 1. The second kappa shape index (κ2) is 8.68. The number of aliphatic carboxylic acids is 1. The maximum atomic E-state index is 10.8. The van der Waals surface area contributed by atoms with E-state index < -0.39 is 10.9 Å². The molecule has 7 nitrogen and oxygen atoms in total. The molecule has 0 bridgehead atoms. The molecule has 114 valence electrons. The van der Waals surface area contributed by atoms with Crippen LogP contribution in [0.5, 0.6) is 5.75 Å². The Labute approximate surface area is 121 Å². The van der Waals surface area contributed by atoms with Crippen LogP contribution < -0.4 is 4.74 Å². The van der Waals surface area contributed by atoms with Gasteiger partial charge in [0, 0.05) is 12.5 Å². The molecule has 0 aliphatic rings. The number of nitro groups is 1. The second-order valence-corrected chi connectivity index (χ2v) is 4.50. The Bertz CT molecular complexity index is 514. The molecule has 0 unspecified atom stereocenters. The highest BCUT2D eigenvalue weighted by molar-refractivity contribution is 5.82. The molecule has 0 spiro atoms. The normalized spacial score (nSPS) is 10.1. The largest absolute Gasteiger partial charge is 0.494 e. The van der Waals surface area contributed by atoms with E-state index in [0.717, 1.165) is 19.3 Å². The molecule has 0 aliphatic carbocycles. The van der Waals surface area contributed by atoms with Gasteiger partial charge < -0.3 is 9.84 Å². The summed E-state index contributed by atoms with van der Waals surface area (Å²) in [5, 5.41) is 19.1. The quantitative estimate of drug-likeness (QED) is 0.308. The van der Waals surface area contributed by atoms with Crippen molar-refractivity contribution in [2.75, 3.05) is 6.61 Å². The summed E-state index contributed by atoms with van der Waals surface area (Å²) in [7, 11) is 0. The summed E-state index contributed by atoms with van der Waals surface area (Å²) in [6.45, 7) is 0.420. The van der Waals surface area contributed by atoms with Crippen LogP contribution in [0.2, 0.25) is 0 Å². The first-order chi connectivity index (χ1) is 10.0. The zero-order valence-electron chi connectivity index (χ0n) is 11.5. The molecule has 0 atom stereocenters. The topological polar surface area (TPSA) is 107 Å². The van der Waals surface area contributed by atoms with Crippen LogP contribution in [0.4, 0.5) is 5.69 Å². The van der Waals surface area contributed by atoms with E-state index in [1.165, 1.54) is 18.2 Å². The van der Waals surface area contributed by atoms with Crippen LogP contribution in [-0.4, -0.2) is 28.9 Å². The van der Waals surface area contributed by atoms with E-state index in [0.29, 0.717) is 25.1 Å². The van der Waals surface area contributed by atoms with Gasteiger partial charge in [-0.25, -0.2) is 0 Å². The van der Waals surface area contributed by atoms with E-state index in [2.05, 4.69) is 0 Å². The van der Waals surface area contributed by atoms with Gasteiger partial charge in [0.05, 0.1) is 17.1 Å². The Morgan fingerprint density at radius 1 is 1.29 bits per heavy atom. The number of benzene rings is 1. The highest BCUT2D eigenvalue weighted by Crippen LogP contribution is 2.22. The Morgan fingerprint density at radius 2 is 2.00 bits per heavy atom. The van der Waals surface area contributed by atoms with E-state index >= 15 is 0 Å². The van der Waals surface area contributed by atoms with Crippen molar-refractivity contribution in [1.29, 1.82) is 0 Å². The maximum absolute atomic E-state index is 10.8. The molecule has 0 aromatic heterocycles. The molecule has 0 saturated heterocycles. The van der Waals surface area contributed by atoms with Gasteiger partial charge in [-0.05, 0) is 25.0 Å². The lowest BCUT2D eigenvalue weighted by Crippen LogP contribution is -2.00. The summed E-state index contributed by atoms with van der Waals surface area (Å²) in [5.74, 6) is -0.383. The van der Waals surface area contributed by atoms with Crippen molar-refractivity contribution < 1.29 is 24.4 Å². The van der Waals surface area contributed by atoms with Gasteiger partial charge in [0.2, 0.25) is 0 Å². The number of unbranched alkanes of at least 4 members (excludes halogenated alkanes) is 3. The monoisotopic (exact) mass is 295 g/mol. The lowest BCUT2D eigenvalue weighted by Gasteiger charge is -2.06. The number of rotatable bonds is 10. The van der Waals surface area contributed by atoms with E-state index in [1.54, 1.807) is 0 Å². The average molecular weight is 295 g/mol. The number of carboxylic acids is 1. The molecule has 0 fully saturated rings. The van der Waals surface area contributed by atoms with Gasteiger partial charge in [-0.3, -0.25) is 19.7 Å². The lowest BCUT2D eigenvalue weighted by atomic mass is 10.1. The predicted octanol–water partition coefficient (Wildman–Crippen LogP) is 2.82. The number of carbonyl (C=O) groups is 2. The highest BCUT2D eigenvalue weighted by Gasteiger charge is 2.13. The summed E-state index contributed by atoms with van der Waals surface area (Å²) in [5.41, 5.74) is -0.259. The van der Waals surface area contributed by atoms with Crippen molar-refractivity contribution in [3.05, 3.63) is 33.9 Å². The first-order valence-corrected chi connectivity index (χ1v) is 6.63. The number of carbonyl (C=O) groups excluding carboxylic acids is 1. The van der Waals surface area contributed by atoms with Crippen molar-refractivity contribution >= 4 is 17.9 Å². The minimum Gasteiger partial charge on any atom is -0.494 e. The van der Waals surface area contributed by atoms with Gasteiger partial charge in [-0.2, -0.15) is 0 Å². The summed E-state index contributed by atoms with van der Waals surface area (Å²) in [4.78, 5) is 31.1. The highest BCUT2D eigenvalue weighted by atomic mass is 16.6. The molecule has 0 aliphatic heterocycles. The molecule has 0 heterocycles. The van der Waals surface area contributed by atoms with Crippen LogP contribution in [0.3, 0.4) is 0 Å². The molecule has 7 heteroatoms. The van der Waals surface area contributed by atoms with Crippen molar-refractivity contribution in [3.63, 3.8) is 0 Å². The van der Waals surface area contributed by atoms with Crippen molar-refractivity contribution in [1.82, 2.24) is 0 Å². The second-order valence-electron chi connectivity index (χ2n) is 4.50. The van der Waals surface area contributed by atoms with Crippen molar-refractivity contribution in [2.24, 2.45) is 0 Å². The zero-order valence-corrected chi connectivity index (χ0v) is 11.5. The van der Waals surface area contributed by atoms with Crippen LogP contribution in [-0.2, 0) is 4.79 Å². The molecular formula is C14H17NO6. The molecule has 1 N–H and O–H groups in total. The van der Waals surface area contributed by atoms with Gasteiger partial charge in [0.15, 0.2) is 6.29 Å². The van der Waals surface area contributed by atoms with E-state index in [1.807, 2.05) is 0 Å². The third-order valence-corrected chi connectivity index (χ3v) is 2.88. The van der Waals surface area contributed by atoms with Crippen LogP contribution in [0, 0.1) is 10.1 Å². The number of hydrogen-bond acceptors (Lipinski definition) is 5. The molecule has 1 rings (SSSR count). The maximum Gasteiger partial charge on any atom is 0.303 e. The number of hydrogen-bond donors (Lipinski definition) is 1. The summed E-state index contributed by atoms with van der Waals surface area (Å²) in [6, 6.07) is 4.04. The Kier molecular flexibility index (Phi) is 6.86. The van der Waals surface area contributed by atoms with E-state index in [9.17, 15) is 19.7 Å². The fourth-order valence-electron chi connectivity index (χ4n) is 1.80. The van der Waals surface area contributed by atoms with Gasteiger partial charge in [-0.1, -0.05) is 12.8 Å². The first kappa shape index (κ1) is 16.6. The van der Waals surface area contributed by atoms with E-state index in [4.69, 9.17) is 9.84 Å². The van der Waals surface area contributed by atoms with Crippen LogP contribution in [0.25, 0.3) is 0 Å². The SMILES string of the molecule is O=Cc1cc(OCCCCCCC(=O)O)ccc1[N+](=O)[O-]. The Hall–Kier alpha value is -2.44. The van der Waals surface area contributed by atoms with Gasteiger partial charge >= 0.3 is 5.97 Å². The molecule has 0 radical (unpaired) electrons. The van der Waals surface area contributed by atoms with Gasteiger partial charge in [0.25, 0.3) is 5.69 Å². The third kappa shape index (κ3) is 6.03. The number of nitrogens with zero attached hydrogens (tertiary/aromatic N) is 1. The van der Waals surface area contributed by atoms with Crippen LogP contribution in [0.1, 0.15) is 42.5 Å². The van der Waals surface area contributed by atoms with Gasteiger partial charge in [-0.15, -0.1) is 0 Å². The van der Waals surface area contributed by atoms with Gasteiger partial charge in [0.1, 0.15) is 5.75 Å². The Morgan fingerprint density at radius 3 is 2.62 bits per heavy atom. The standard InChI is InChI=1S/C14H17NO6/c16-10-11-9-12(6-7-13(11)15(19)20)21-8-4-2-1-3-5-14(17)18/h6-7,9-10H,1-5,8H2,(H,17,18). The molecule has 0 amide bonds. The number of ether oxygens (including phenoxy) is 1. The van der Waals surface area contributed by atoms with Crippen molar-refractivity contribution in [2.45, 2.75) is 32.1 Å². The molecule has 21 heavy (non-hydrogen) atoms. The summed E-state index contributed by atoms with van der Waals surface area (Å²) in [6.07, 6.45) is 3.66. The molecule has 1 aromatic rings. The smallest absolute Gasteiger partial charge is 0.303 e. The zero-order chi connectivity index (χ0) is 15.7. The van der Waals surface area contributed by atoms with Crippen LogP contribution >= 0.6 is 0 Å². The third-order valence-electron chi connectivity index (χ3n) is 2.88. The van der Waals surface area contributed by atoms with E-state index in [-0.39, 0.29) is 17.7 Å². The number of aldehydes is 1. The number of nitro benzene ring substituents is 1. The van der Waals surface area contributed by atoms with Crippen molar-refractivity contribution in [3.8, 4) is 5.75 Å². The average Bonchev–Trinajstić information content (AvgIpc) is 2.45.